The number of fused-ring (bicyclic) bond motifs is 1. The van der Waals surface area contributed by atoms with Crippen LogP contribution in [-0.2, 0) is 16.1 Å². The van der Waals surface area contributed by atoms with Gasteiger partial charge in [-0.25, -0.2) is 9.78 Å². The first-order valence-electron chi connectivity index (χ1n) is 12.1. The molecule has 0 bridgehead atoms. The molecule has 9 heteroatoms. The van der Waals surface area contributed by atoms with Crippen LogP contribution in [0.1, 0.15) is 45.6 Å². The Kier molecular flexibility index (Phi) is 7.68. The lowest BCUT2D eigenvalue weighted by Crippen LogP contribution is -2.47. The van der Waals surface area contributed by atoms with Crippen LogP contribution in [-0.4, -0.2) is 53.5 Å². The van der Waals surface area contributed by atoms with Crippen molar-refractivity contribution in [3.63, 3.8) is 0 Å². The van der Waals surface area contributed by atoms with Gasteiger partial charge in [0.15, 0.2) is 0 Å². The van der Waals surface area contributed by atoms with Gasteiger partial charge in [0.2, 0.25) is 11.7 Å². The number of pyridine rings is 1. The lowest BCUT2D eigenvalue weighted by molar-refractivity contribution is -0.153. The molecule has 0 radical (unpaired) electrons. The number of carbonyl (C=O) groups is 2. The van der Waals surface area contributed by atoms with Gasteiger partial charge in [-0.2, -0.15) is 5.21 Å². The molecule has 0 spiro atoms. The number of hydrogen-bond donors (Lipinski definition) is 2. The highest BCUT2D eigenvalue weighted by molar-refractivity contribution is 5.86. The monoisotopic (exact) mass is 486 g/mol. The summed E-state index contributed by atoms with van der Waals surface area (Å²) in [5.41, 5.74) is 4.14. The molecule has 0 fully saturated rings. The second-order valence-corrected chi connectivity index (χ2v) is 9.16. The fourth-order valence-corrected chi connectivity index (χ4v) is 4.39. The van der Waals surface area contributed by atoms with Gasteiger partial charge >= 0.3 is 5.97 Å². The summed E-state index contributed by atoms with van der Waals surface area (Å²) in [6.07, 6.45) is 1.94. The van der Waals surface area contributed by atoms with E-state index in [4.69, 9.17) is 4.98 Å². The van der Waals surface area contributed by atoms with Crippen LogP contribution in [0.25, 0.3) is 33.5 Å². The summed E-state index contributed by atoms with van der Waals surface area (Å²) in [4.78, 5) is 31.4. The van der Waals surface area contributed by atoms with Gasteiger partial charge in [0.25, 0.3) is 0 Å². The maximum Gasteiger partial charge on any atom is 0.326 e. The number of benzene rings is 2. The summed E-state index contributed by atoms with van der Waals surface area (Å²) < 4.78 is 0. The zero-order valence-corrected chi connectivity index (χ0v) is 20.7. The number of amides is 1. The molecule has 4 aromatic rings. The van der Waals surface area contributed by atoms with E-state index in [0.717, 1.165) is 46.1 Å². The van der Waals surface area contributed by atoms with Crippen LogP contribution in [0.5, 0.6) is 0 Å². The number of aliphatic carboxylic acids is 1. The van der Waals surface area contributed by atoms with Gasteiger partial charge in [0, 0.05) is 29.5 Å². The molecule has 9 nitrogen and oxygen atoms in total. The molecule has 1 atom stereocenters. The number of aromatic amines is 1. The molecule has 1 amide bonds. The third-order valence-corrected chi connectivity index (χ3v) is 6.18. The molecule has 186 valence electrons. The third kappa shape index (κ3) is 5.40. The first-order chi connectivity index (χ1) is 17.4. The molecule has 36 heavy (non-hydrogen) atoms. The molecule has 0 unspecified atom stereocenters. The molecule has 2 heterocycles. The van der Waals surface area contributed by atoms with Crippen molar-refractivity contribution in [1.82, 2.24) is 30.5 Å². The third-order valence-electron chi connectivity index (χ3n) is 6.18. The average Bonchev–Trinajstić information content (AvgIpc) is 3.41. The number of carbonyl (C=O) groups excluding carboxylic acids is 1. The summed E-state index contributed by atoms with van der Waals surface area (Å²) in [7, 11) is 0. The largest absolute Gasteiger partial charge is 0.480 e. The summed E-state index contributed by atoms with van der Waals surface area (Å²) in [5.74, 6) is -0.836. The van der Waals surface area contributed by atoms with E-state index in [2.05, 4.69) is 20.6 Å². The Balaban J connectivity index is 1.65. The number of nitrogens with zero attached hydrogens (tertiary/aromatic N) is 5. The quantitative estimate of drug-likeness (QED) is 0.332. The van der Waals surface area contributed by atoms with Gasteiger partial charge in [0.1, 0.15) is 6.04 Å². The molecule has 2 N–H and O–H groups in total. The number of nitrogens with one attached hydrogen (secondary N) is 1. The van der Waals surface area contributed by atoms with Crippen molar-refractivity contribution in [2.45, 2.75) is 52.6 Å². The van der Waals surface area contributed by atoms with Crippen molar-refractivity contribution in [3.05, 3.63) is 60.2 Å². The number of carboxylic acids is 1. The number of tetrazole rings is 1. The van der Waals surface area contributed by atoms with Gasteiger partial charge < -0.3 is 10.0 Å². The van der Waals surface area contributed by atoms with Crippen molar-refractivity contribution < 1.29 is 14.7 Å². The summed E-state index contributed by atoms with van der Waals surface area (Å²) >= 11 is 0. The normalized spacial score (nSPS) is 12.1. The second kappa shape index (κ2) is 11.1. The first-order valence-corrected chi connectivity index (χ1v) is 12.1. The highest BCUT2D eigenvalue weighted by atomic mass is 16.4. The van der Waals surface area contributed by atoms with Crippen LogP contribution >= 0.6 is 0 Å². The molecule has 2 aromatic heterocycles. The van der Waals surface area contributed by atoms with Gasteiger partial charge in [0.05, 0.1) is 11.2 Å². The van der Waals surface area contributed by atoms with Crippen molar-refractivity contribution in [2.75, 3.05) is 0 Å². The van der Waals surface area contributed by atoms with E-state index < -0.39 is 12.0 Å². The fraction of sp³-hybridized carbons (Fsp3) is 0.333. The molecular weight excluding hydrogens is 456 g/mol. The number of carboxylic acid groups (broad SMARTS) is 1. The van der Waals surface area contributed by atoms with Crippen molar-refractivity contribution in [1.29, 1.82) is 0 Å². The van der Waals surface area contributed by atoms with Crippen molar-refractivity contribution in [2.24, 2.45) is 5.92 Å². The number of H-pyrrole nitrogens is 1. The number of rotatable bonds is 10. The molecule has 4 rings (SSSR count). The van der Waals surface area contributed by atoms with Gasteiger partial charge in [-0.1, -0.05) is 63.6 Å². The van der Waals surface area contributed by atoms with Gasteiger partial charge in [-0.3, -0.25) is 4.79 Å². The Labute approximate surface area is 209 Å². The van der Waals surface area contributed by atoms with E-state index in [1.54, 1.807) is 0 Å². The maximum atomic E-state index is 13.0. The number of unbranched alkanes of at least 4 members (excludes halogenated alkanes) is 1. The van der Waals surface area contributed by atoms with E-state index in [1.165, 1.54) is 4.90 Å². The second-order valence-electron chi connectivity index (χ2n) is 9.16. The van der Waals surface area contributed by atoms with E-state index >= 15 is 0 Å². The highest BCUT2D eigenvalue weighted by Crippen LogP contribution is 2.30. The van der Waals surface area contributed by atoms with E-state index in [9.17, 15) is 14.7 Å². The minimum absolute atomic E-state index is 0.135. The van der Waals surface area contributed by atoms with Crippen LogP contribution in [0.4, 0.5) is 0 Å². The Morgan fingerprint density at radius 3 is 2.50 bits per heavy atom. The minimum atomic E-state index is -0.984. The predicted molar refractivity (Wildman–Crippen MR) is 137 cm³/mol. The Morgan fingerprint density at radius 1 is 1.06 bits per heavy atom. The van der Waals surface area contributed by atoms with Crippen molar-refractivity contribution >= 4 is 22.8 Å². The summed E-state index contributed by atoms with van der Waals surface area (Å²) in [6.45, 7) is 5.91. The smallest absolute Gasteiger partial charge is 0.326 e. The van der Waals surface area contributed by atoms with Crippen LogP contribution in [0, 0.1) is 5.92 Å². The first kappa shape index (κ1) is 25.0. The molecule has 0 aliphatic carbocycles. The SMILES string of the molecule is CCCCC(=O)N(Cc1ccc2nc(-c3ccccc3-c3nn[nH]n3)ccc2c1)[C@H](C(=O)O)C(C)C. The maximum absolute atomic E-state index is 13.0. The standard InChI is InChI=1S/C27H30N6O3/c1-4-5-10-24(34)33(25(17(2)3)27(35)36)16-18-11-13-22-19(15-18)12-14-23(28-22)20-8-6-7-9-21(20)26-29-31-32-30-26/h6-9,11-15,17,25H,4-5,10,16H2,1-3H3,(H,35,36)(H,29,30,31,32)/t25-/m0/s1. The molecule has 0 aliphatic heterocycles. The Hall–Kier alpha value is -4.14. The van der Waals surface area contributed by atoms with Crippen LogP contribution in [0.3, 0.4) is 0 Å². The molecule has 2 aromatic carbocycles. The molecule has 0 saturated heterocycles. The topological polar surface area (TPSA) is 125 Å². The van der Waals surface area contributed by atoms with Gasteiger partial charge in [-0.15, -0.1) is 10.2 Å². The minimum Gasteiger partial charge on any atom is -0.480 e. The Morgan fingerprint density at radius 2 is 1.83 bits per heavy atom. The average molecular weight is 487 g/mol. The van der Waals surface area contributed by atoms with E-state index in [1.807, 2.05) is 75.4 Å². The van der Waals surface area contributed by atoms with Crippen LogP contribution < -0.4 is 0 Å². The zero-order chi connectivity index (χ0) is 25.7. The zero-order valence-electron chi connectivity index (χ0n) is 20.7. The fourth-order valence-electron chi connectivity index (χ4n) is 4.39. The lowest BCUT2D eigenvalue weighted by atomic mass is 10.00. The van der Waals surface area contributed by atoms with Crippen molar-refractivity contribution in [3.8, 4) is 22.6 Å². The Bertz CT molecular complexity index is 1350. The van der Waals surface area contributed by atoms with Crippen LogP contribution in [0.2, 0.25) is 0 Å². The number of hydrogen-bond acceptors (Lipinski definition) is 6. The van der Waals surface area contributed by atoms with Gasteiger partial charge in [-0.05, 0) is 41.3 Å². The molecular formula is C27H30N6O3. The highest BCUT2D eigenvalue weighted by Gasteiger charge is 2.32. The van der Waals surface area contributed by atoms with E-state index in [0.29, 0.717) is 12.2 Å². The lowest BCUT2D eigenvalue weighted by Gasteiger charge is -2.32. The molecule has 0 aliphatic rings. The summed E-state index contributed by atoms with van der Waals surface area (Å²) in [5, 5.41) is 25.1. The van der Waals surface area contributed by atoms with E-state index in [-0.39, 0.29) is 18.4 Å². The predicted octanol–water partition coefficient (Wildman–Crippen LogP) is 4.71. The summed E-state index contributed by atoms with van der Waals surface area (Å²) in [6, 6.07) is 16.6. The number of aromatic nitrogens is 5. The molecule has 0 saturated carbocycles. The van der Waals surface area contributed by atoms with Crippen LogP contribution in [0.15, 0.2) is 54.6 Å².